The van der Waals surface area contributed by atoms with Crippen molar-refractivity contribution in [3.63, 3.8) is 0 Å². The molecular formula is C41H48F4N6O5. The summed E-state index contributed by atoms with van der Waals surface area (Å²) in [7, 11) is 1.77. The first kappa shape index (κ1) is 40.6. The summed E-state index contributed by atoms with van der Waals surface area (Å²) in [4.78, 5) is 55.4. The number of amides is 2. The number of pyridine rings is 1. The van der Waals surface area contributed by atoms with Gasteiger partial charge >= 0.3 is 12.1 Å². The van der Waals surface area contributed by atoms with Crippen molar-refractivity contribution in [1.29, 1.82) is 0 Å². The highest BCUT2D eigenvalue weighted by molar-refractivity contribution is 5.98. The normalized spacial score (nSPS) is 16.6. The Kier molecular flexibility index (Phi) is 11.5. The Bertz CT molecular complexity index is 2210. The fraction of sp³-hybridized carbons (Fsp3) is 0.488. The van der Waals surface area contributed by atoms with Gasteiger partial charge in [-0.25, -0.2) is 4.39 Å². The Hall–Kier alpha value is -5.05. The van der Waals surface area contributed by atoms with Gasteiger partial charge in [0.05, 0.1) is 18.0 Å². The highest BCUT2D eigenvalue weighted by Crippen LogP contribution is 2.45. The van der Waals surface area contributed by atoms with Gasteiger partial charge in [0.15, 0.2) is 0 Å². The third kappa shape index (κ3) is 8.52. The fourth-order valence-corrected chi connectivity index (χ4v) is 8.49. The van der Waals surface area contributed by atoms with Crippen molar-refractivity contribution in [2.75, 3.05) is 19.6 Å². The molecule has 1 spiro atoms. The zero-order chi connectivity index (χ0) is 40.7. The second kappa shape index (κ2) is 15.8. The van der Waals surface area contributed by atoms with Crippen molar-refractivity contribution in [3.8, 4) is 11.1 Å². The number of carbonyl (C=O) groups excluding carboxylic acids is 2. The third-order valence-electron chi connectivity index (χ3n) is 11.1. The molecule has 2 aliphatic rings. The Balaban J connectivity index is 1.27. The molecule has 0 unspecified atom stereocenters. The molecule has 300 valence electrons. The van der Waals surface area contributed by atoms with Crippen LogP contribution in [0.4, 0.5) is 17.6 Å². The quantitative estimate of drug-likeness (QED) is 0.131. The number of hydrogen-bond donors (Lipinski definition) is 3. The zero-order valence-corrected chi connectivity index (χ0v) is 32.2. The fourth-order valence-electron chi connectivity index (χ4n) is 8.49. The number of nitrogens with one attached hydrogen (secondary N) is 2. The molecule has 6 rings (SSSR count). The highest BCUT2D eigenvalue weighted by atomic mass is 19.4. The van der Waals surface area contributed by atoms with Gasteiger partial charge in [-0.05, 0) is 97.0 Å². The molecule has 56 heavy (non-hydrogen) atoms. The number of alkyl halides is 3. The minimum atomic E-state index is -4.86. The summed E-state index contributed by atoms with van der Waals surface area (Å²) in [6.07, 6.45) is 0.714. The number of carboxylic acids is 1. The van der Waals surface area contributed by atoms with Gasteiger partial charge in [0.2, 0.25) is 5.91 Å². The molecule has 2 aromatic carbocycles. The van der Waals surface area contributed by atoms with Crippen LogP contribution in [0.5, 0.6) is 0 Å². The van der Waals surface area contributed by atoms with Gasteiger partial charge in [0.1, 0.15) is 23.1 Å². The molecule has 1 saturated heterocycles. The second-order valence-corrected chi connectivity index (χ2v) is 16.0. The molecule has 4 aromatic rings. The molecule has 2 fully saturated rings. The van der Waals surface area contributed by atoms with Crippen LogP contribution in [-0.2, 0) is 29.4 Å². The first-order valence-electron chi connectivity index (χ1n) is 19.0. The summed E-state index contributed by atoms with van der Waals surface area (Å²) in [5.41, 5.74) is 0.327. The Labute approximate surface area is 322 Å². The number of carboxylic acid groups (broad SMARTS) is 1. The lowest BCUT2D eigenvalue weighted by Gasteiger charge is -2.48. The number of aryl methyl sites for hydroxylation is 3. The summed E-state index contributed by atoms with van der Waals surface area (Å²) in [5, 5.41) is 20.3. The number of carbonyl (C=O) groups is 3. The average Bonchev–Trinajstić information content (AvgIpc) is 3.73. The Morgan fingerprint density at radius 1 is 0.982 bits per heavy atom. The SMILES string of the molecule is Cc1cc(-c2c(C)ccc3nn(C)cc23)cc([C@H](CC(=O)O)NC(=O)[C@H](CC(C)C)NC(=O)c2ccc(C(F)(F)F)n(CCN3CC4(CCCC4)C3)c2=O)c1F. The van der Waals surface area contributed by atoms with E-state index in [2.05, 4.69) is 15.7 Å². The molecular weight excluding hydrogens is 732 g/mol. The van der Waals surface area contributed by atoms with Gasteiger partial charge in [0, 0.05) is 50.4 Å². The molecule has 0 radical (unpaired) electrons. The predicted octanol–water partition coefficient (Wildman–Crippen LogP) is 6.53. The van der Waals surface area contributed by atoms with Crippen molar-refractivity contribution in [3.05, 3.63) is 86.7 Å². The number of rotatable bonds is 13. The van der Waals surface area contributed by atoms with Gasteiger partial charge in [-0.15, -0.1) is 0 Å². The maximum absolute atomic E-state index is 16.0. The summed E-state index contributed by atoms with van der Waals surface area (Å²) >= 11 is 0. The number of benzene rings is 2. The van der Waals surface area contributed by atoms with E-state index >= 15 is 4.39 Å². The molecule has 1 aliphatic carbocycles. The van der Waals surface area contributed by atoms with E-state index in [0.717, 1.165) is 61.4 Å². The average molecular weight is 781 g/mol. The first-order valence-corrected chi connectivity index (χ1v) is 19.0. The number of hydrogen-bond acceptors (Lipinski definition) is 6. The Morgan fingerprint density at radius 3 is 2.32 bits per heavy atom. The summed E-state index contributed by atoms with van der Waals surface area (Å²) < 4.78 is 60.5. The number of fused-ring (bicyclic) bond motifs is 1. The third-order valence-corrected chi connectivity index (χ3v) is 11.1. The van der Waals surface area contributed by atoms with E-state index in [1.165, 1.54) is 13.0 Å². The minimum absolute atomic E-state index is 0.0205. The van der Waals surface area contributed by atoms with E-state index < -0.39 is 65.1 Å². The predicted molar refractivity (Wildman–Crippen MR) is 202 cm³/mol. The molecule has 0 bridgehead atoms. The molecule has 3 N–H and O–H groups in total. The molecule has 11 nitrogen and oxygen atoms in total. The molecule has 15 heteroatoms. The molecule has 1 saturated carbocycles. The molecule has 2 amide bonds. The van der Waals surface area contributed by atoms with Crippen LogP contribution in [0.2, 0.25) is 0 Å². The number of likely N-dealkylation sites (tertiary alicyclic amines) is 1. The molecule has 3 heterocycles. The van der Waals surface area contributed by atoms with Crippen LogP contribution in [0.3, 0.4) is 0 Å². The molecule has 2 atom stereocenters. The standard InChI is InChI=1S/C41H48F4N6O5/c1-23(2)16-32(47-37(54)27-9-11-33(41(43,44)45)51(39(27)56)15-14-50-21-40(22-50)12-6-7-13-40)38(55)46-31(19-34(52)53)28-18-26(17-25(4)36(28)42)35-24(3)8-10-30-29(35)20-49(5)48-30/h8-11,17-18,20,23,31-32H,6-7,12-16,19,21-22H2,1-5H3,(H,46,55)(H,47,54)(H,52,53)/t31-,32-/m0/s1. The monoisotopic (exact) mass is 780 g/mol. The van der Waals surface area contributed by atoms with Gasteiger partial charge in [0.25, 0.3) is 11.5 Å². The largest absolute Gasteiger partial charge is 0.481 e. The molecule has 1 aliphatic heterocycles. The lowest BCUT2D eigenvalue weighted by atomic mass is 9.78. The van der Waals surface area contributed by atoms with E-state index in [-0.39, 0.29) is 42.0 Å². The van der Waals surface area contributed by atoms with Crippen LogP contribution >= 0.6 is 0 Å². The van der Waals surface area contributed by atoms with Crippen LogP contribution in [-0.4, -0.2) is 67.8 Å². The van der Waals surface area contributed by atoms with Crippen LogP contribution in [0.25, 0.3) is 22.0 Å². The van der Waals surface area contributed by atoms with E-state index in [4.69, 9.17) is 0 Å². The van der Waals surface area contributed by atoms with Gasteiger partial charge in [-0.1, -0.05) is 32.8 Å². The number of nitrogens with zero attached hydrogens (tertiary/aromatic N) is 4. The Morgan fingerprint density at radius 2 is 1.68 bits per heavy atom. The highest BCUT2D eigenvalue weighted by Gasteiger charge is 2.44. The topological polar surface area (TPSA) is 139 Å². The van der Waals surface area contributed by atoms with Gasteiger partial charge < -0.3 is 25.2 Å². The van der Waals surface area contributed by atoms with E-state index in [1.807, 2.05) is 30.2 Å². The van der Waals surface area contributed by atoms with E-state index in [9.17, 15) is 37.5 Å². The van der Waals surface area contributed by atoms with Crippen LogP contribution in [0.1, 0.15) is 91.2 Å². The summed E-state index contributed by atoms with van der Waals surface area (Å²) in [6, 6.07) is 5.64. The lowest BCUT2D eigenvalue weighted by molar-refractivity contribution is -0.144. The maximum Gasteiger partial charge on any atom is 0.431 e. The van der Waals surface area contributed by atoms with Gasteiger partial charge in [-0.3, -0.25) is 23.9 Å². The van der Waals surface area contributed by atoms with Crippen molar-refractivity contribution >= 4 is 28.7 Å². The first-order chi connectivity index (χ1) is 26.4. The number of aliphatic carboxylic acids is 1. The molecule has 2 aromatic heterocycles. The van der Waals surface area contributed by atoms with Crippen LogP contribution < -0.4 is 16.2 Å². The van der Waals surface area contributed by atoms with E-state index in [1.54, 1.807) is 31.6 Å². The van der Waals surface area contributed by atoms with Crippen LogP contribution in [0, 0.1) is 31.0 Å². The zero-order valence-electron chi connectivity index (χ0n) is 32.2. The van der Waals surface area contributed by atoms with Crippen molar-refractivity contribution in [1.82, 2.24) is 29.9 Å². The second-order valence-electron chi connectivity index (χ2n) is 16.0. The lowest BCUT2D eigenvalue weighted by Crippen LogP contribution is -2.55. The van der Waals surface area contributed by atoms with Crippen molar-refractivity contribution in [2.24, 2.45) is 18.4 Å². The van der Waals surface area contributed by atoms with Gasteiger partial charge in [-0.2, -0.15) is 18.3 Å². The minimum Gasteiger partial charge on any atom is -0.481 e. The van der Waals surface area contributed by atoms with E-state index in [0.29, 0.717) is 21.7 Å². The number of aromatic nitrogens is 3. The summed E-state index contributed by atoms with van der Waals surface area (Å²) in [6.45, 7) is 8.40. The summed E-state index contributed by atoms with van der Waals surface area (Å²) in [5.74, 6) is -4.17. The number of halogens is 4. The van der Waals surface area contributed by atoms with Crippen molar-refractivity contribution in [2.45, 2.75) is 91.0 Å². The maximum atomic E-state index is 16.0. The van der Waals surface area contributed by atoms with Crippen molar-refractivity contribution < 1.29 is 37.1 Å². The van der Waals surface area contributed by atoms with Crippen LogP contribution in [0.15, 0.2) is 47.4 Å². The smallest absolute Gasteiger partial charge is 0.431 e.